The van der Waals surface area contributed by atoms with Crippen LogP contribution < -0.4 is 10.6 Å². The number of carboxylic acid groups (broad SMARTS) is 1. The average Bonchev–Trinajstić information content (AvgIpc) is 2.67. The van der Waals surface area contributed by atoms with Crippen molar-refractivity contribution in [3.63, 3.8) is 0 Å². The largest absolute Gasteiger partial charge is 0.481 e. The van der Waals surface area contributed by atoms with Crippen molar-refractivity contribution in [1.29, 1.82) is 0 Å². The molecule has 0 rings (SSSR count). The minimum Gasteiger partial charge on any atom is -0.481 e. The zero-order valence-corrected chi connectivity index (χ0v) is 20.0. The van der Waals surface area contributed by atoms with Gasteiger partial charge >= 0.3 is 0 Å². The lowest BCUT2D eigenvalue weighted by molar-refractivity contribution is -0.134. The van der Waals surface area contributed by atoms with Gasteiger partial charge in [-0.05, 0) is 12.3 Å². The van der Waals surface area contributed by atoms with Gasteiger partial charge in [0.15, 0.2) is 0 Å². The summed E-state index contributed by atoms with van der Waals surface area (Å²) in [6.45, 7) is 7.82. The second-order valence-electron chi connectivity index (χ2n) is 8.52. The number of unbranched alkanes of at least 4 members (excludes halogenated alkanes) is 11. The van der Waals surface area contributed by atoms with E-state index in [9.17, 15) is 4.79 Å². The molecule has 0 aromatic heterocycles. The SMILES string of the molecule is CC(=O)O.CC(C)CCCCCCCCCCCCCCC(=O)NCCNCCO. The second-order valence-corrected chi connectivity index (χ2v) is 8.52. The van der Waals surface area contributed by atoms with Gasteiger partial charge in [0.05, 0.1) is 6.61 Å². The van der Waals surface area contributed by atoms with E-state index in [0.29, 0.717) is 19.5 Å². The highest BCUT2D eigenvalue weighted by molar-refractivity contribution is 5.75. The van der Waals surface area contributed by atoms with Crippen molar-refractivity contribution in [1.82, 2.24) is 10.6 Å². The molecule has 0 aromatic carbocycles. The van der Waals surface area contributed by atoms with Gasteiger partial charge < -0.3 is 20.8 Å². The molecule has 0 aromatic rings. The van der Waals surface area contributed by atoms with Crippen LogP contribution in [0, 0.1) is 5.92 Å². The molecule has 0 saturated heterocycles. The predicted octanol–water partition coefficient (Wildman–Crippen LogP) is 4.89. The normalized spacial score (nSPS) is 10.6. The van der Waals surface area contributed by atoms with Crippen LogP contribution in [0.1, 0.15) is 111 Å². The average molecular weight is 431 g/mol. The van der Waals surface area contributed by atoms with Crippen LogP contribution in [0.3, 0.4) is 0 Å². The molecule has 0 saturated carbocycles. The van der Waals surface area contributed by atoms with Crippen molar-refractivity contribution in [2.24, 2.45) is 5.92 Å². The quantitative estimate of drug-likeness (QED) is 0.206. The number of aliphatic hydroxyl groups excluding tert-OH is 1. The summed E-state index contributed by atoms with van der Waals surface area (Å²) in [4.78, 5) is 20.6. The Morgan fingerprint density at radius 1 is 0.733 bits per heavy atom. The molecular weight excluding hydrogens is 380 g/mol. The maximum Gasteiger partial charge on any atom is 0.300 e. The first-order chi connectivity index (χ1) is 14.4. The molecule has 6 nitrogen and oxygen atoms in total. The Kier molecular flexibility index (Phi) is 26.8. The van der Waals surface area contributed by atoms with Gasteiger partial charge in [-0.25, -0.2) is 0 Å². The van der Waals surface area contributed by atoms with Crippen molar-refractivity contribution in [2.45, 2.75) is 111 Å². The van der Waals surface area contributed by atoms with E-state index >= 15 is 0 Å². The lowest BCUT2D eigenvalue weighted by atomic mass is 10.0. The number of carbonyl (C=O) groups excluding carboxylic acids is 1. The van der Waals surface area contributed by atoms with Gasteiger partial charge in [-0.3, -0.25) is 9.59 Å². The molecule has 6 heteroatoms. The summed E-state index contributed by atoms with van der Waals surface area (Å²) in [6.07, 6.45) is 18.0. The highest BCUT2D eigenvalue weighted by atomic mass is 16.4. The zero-order valence-electron chi connectivity index (χ0n) is 20.0. The highest BCUT2D eigenvalue weighted by Gasteiger charge is 2.00. The minimum absolute atomic E-state index is 0.145. The summed E-state index contributed by atoms with van der Waals surface area (Å²) in [5.74, 6) is 0.188. The smallest absolute Gasteiger partial charge is 0.300 e. The van der Waals surface area contributed by atoms with Crippen molar-refractivity contribution >= 4 is 11.9 Å². The van der Waals surface area contributed by atoms with Gasteiger partial charge in [0, 0.05) is 33.0 Å². The lowest BCUT2D eigenvalue weighted by Crippen LogP contribution is -2.32. The van der Waals surface area contributed by atoms with Crippen molar-refractivity contribution < 1.29 is 19.8 Å². The van der Waals surface area contributed by atoms with E-state index in [0.717, 1.165) is 25.8 Å². The third-order valence-electron chi connectivity index (χ3n) is 4.85. The first-order valence-corrected chi connectivity index (χ1v) is 12.2. The maximum atomic E-state index is 11.6. The minimum atomic E-state index is -0.833. The van der Waals surface area contributed by atoms with Gasteiger partial charge in [-0.2, -0.15) is 0 Å². The summed E-state index contributed by atoms with van der Waals surface area (Å²) < 4.78 is 0. The van der Waals surface area contributed by atoms with Crippen LogP contribution in [0.5, 0.6) is 0 Å². The topological polar surface area (TPSA) is 98.7 Å². The monoisotopic (exact) mass is 430 g/mol. The molecule has 4 N–H and O–H groups in total. The summed E-state index contributed by atoms with van der Waals surface area (Å²) in [6, 6.07) is 0. The van der Waals surface area contributed by atoms with E-state index in [1.165, 1.54) is 77.0 Å². The Morgan fingerprint density at radius 3 is 1.60 bits per heavy atom. The fourth-order valence-electron chi connectivity index (χ4n) is 3.19. The molecule has 1 amide bonds. The molecule has 0 radical (unpaired) electrons. The molecule has 0 aliphatic heterocycles. The number of aliphatic hydroxyl groups is 1. The zero-order chi connectivity index (χ0) is 22.9. The van der Waals surface area contributed by atoms with E-state index in [4.69, 9.17) is 15.0 Å². The fraction of sp³-hybridized carbons (Fsp3) is 0.917. The Hall–Kier alpha value is -1.14. The Morgan fingerprint density at radius 2 is 1.17 bits per heavy atom. The van der Waals surface area contributed by atoms with Crippen molar-refractivity contribution in [3.8, 4) is 0 Å². The fourth-order valence-corrected chi connectivity index (χ4v) is 3.19. The van der Waals surface area contributed by atoms with Crippen LogP contribution in [0.4, 0.5) is 0 Å². The predicted molar refractivity (Wildman–Crippen MR) is 126 cm³/mol. The Labute approximate surface area is 185 Å². The number of hydrogen-bond acceptors (Lipinski definition) is 4. The van der Waals surface area contributed by atoms with E-state index in [1.54, 1.807) is 0 Å². The van der Waals surface area contributed by atoms with Gasteiger partial charge in [0.25, 0.3) is 5.97 Å². The van der Waals surface area contributed by atoms with Crippen LogP contribution in [0.2, 0.25) is 0 Å². The van der Waals surface area contributed by atoms with Crippen LogP contribution in [0.25, 0.3) is 0 Å². The standard InChI is InChI=1S/C22H46N2O2.C2H4O2/c1-21(2)15-13-11-9-7-5-3-4-6-8-10-12-14-16-22(26)24-18-17-23-19-20-25;1-2(3)4/h21,23,25H,3-20H2,1-2H3,(H,24,26);1H3,(H,3,4). The molecule has 0 unspecified atom stereocenters. The summed E-state index contributed by atoms with van der Waals surface area (Å²) in [7, 11) is 0. The number of nitrogens with one attached hydrogen (secondary N) is 2. The molecule has 0 heterocycles. The first kappa shape index (κ1) is 31.0. The van der Waals surface area contributed by atoms with Gasteiger partial charge in [-0.1, -0.05) is 90.9 Å². The third-order valence-corrected chi connectivity index (χ3v) is 4.85. The number of amides is 1. The molecule has 30 heavy (non-hydrogen) atoms. The number of carboxylic acids is 1. The first-order valence-electron chi connectivity index (χ1n) is 12.2. The van der Waals surface area contributed by atoms with E-state index in [1.807, 2.05) is 0 Å². The molecule has 0 spiro atoms. The molecule has 0 bridgehead atoms. The number of rotatable bonds is 20. The van der Waals surface area contributed by atoms with Crippen LogP contribution in [-0.4, -0.2) is 48.3 Å². The molecule has 180 valence electrons. The Balaban J connectivity index is 0. The van der Waals surface area contributed by atoms with E-state index in [-0.39, 0.29) is 12.5 Å². The van der Waals surface area contributed by atoms with Crippen molar-refractivity contribution in [2.75, 3.05) is 26.2 Å². The molecule has 0 atom stereocenters. The van der Waals surface area contributed by atoms with Gasteiger partial charge in [0.2, 0.25) is 5.91 Å². The number of carbonyl (C=O) groups is 2. The molecule has 0 aliphatic carbocycles. The van der Waals surface area contributed by atoms with Gasteiger partial charge in [0.1, 0.15) is 0 Å². The maximum absolute atomic E-state index is 11.6. The van der Waals surface area contributed by atoms with Crippen LogP contribution in [0.15, 0.2) is 0 Å². The number of hydrogen-bond donors (Lipinski definition) is 4. The Bertz CT molecular complexity index is 372. The molecule has 0 aliphatic rings. The lowest BCUT2D eigenvalue weighted by Gasteiger charge is -2.06. The third kappa shape index (κ3) is 34.4. The summed E-state index contributed by atoms with van der Waals surface area (Å²) in [5, 5.41) is 22.0. The summed E-state index contributed by atoms with van der Waals surface area (Å²) >= 11 is 0. The van der Waals surface area contributed by atoms with Crippen LogP contribution >= 0.6 is 0 Å². The number of aliphatic carboxylic acids is 1. The second kappa shape index (κ2) is 25.9. The van der Waals surface area contributed by atoms with Crippen LogP contribution in [-0.2, 0) is 9.59 Å². The van der Waals surface area contributed by atoms with Crippen molar-refractivity contribution in [3.05, 3.63) is 0 Å². The highest BCUT2D eigenvalue weighted by Crippen LogP contribution is 2.14. The van der Waals surface area contributed by atoms with E-state index < -0.39 is 5.97 Å². The summed E-state index contributed by atoms with van der Waals surface area (Å²) in [5.41, 5.74) is 0. The van der Waals surface area contributed by atoms with Gasteiger partial charge in [-0.15, -0.1) is 0 Å². The molecular formula is C24H50N2O4. The van der Waals surface area contributed by atoms with E-state index in [2.05, 4.69) is 24.5 Å². The molecule has 0 fully saturated rings.